The van der Waals surface area contributed by atoms with E-state index in [1.54, 1.807) is 62.4 Å². The van der Waals surface area contributed by atoms with Crippen LogP contribution in [0.3, 0.4) is 0 Å². The van der Waals surface area contributed by atoms with Gasteiger partial charge in [-0.1, -0.05) is 12.1 Å². The van der Waals surface area contributed by atoms with Gasteiger partial charge in [0.1, 0.15) is 17.2 Å². The number of aliphatic hydroxyl groups is 1. The number of urea groups is 1. The maximum atomic E-state index is 14.0. The standard InChI is InChI=1S/C26H25F3N2O5/c1-24(2)25(33,17-6-5-7-22(16-17)36-26(27,28)29)31(19-10-14-21(35-4)15-11-19)23(32)30(24)18-8-12-20(34-3)13-9-18/h5-16,33H,1-4H3. The van der Waals surface area contributed by atoms with Crippen molar-refractivity contribution in [3.63, 3.8) is 0 Å². The summed E-state index contributed by atoms with van der Waals surface area (Å²) in [6, 6.07) is 17.5. The van der Waals surface area contributed by atoms with E-state index in [-0.39, 0.29) is 5.56 Å². The third-order valence-corrected chi connectivity index (χ3v) is 6.25. The summed E-state index contributed by atoms with van der Waals surface area (Å²) >= 11 is 0. The zero-order chi connectivity index (χ0) is 26.3. The average molecular weight is 502 g/mol. The normalized spacial score (nSPS) is 19.4. The lowest BCUT2D eigenvalue weighted by atomic mass is 9.83. The highest BCUT2D eigenvalue weighted by atomic mass is 19.4. The molecular formula is C26H25F3N2O5. The maximum absolute atomic E-state index is 14.0. The third kappa shape index (κ3) is 4.17. The molecule has 4 rings (SSSR count). The molecule has 0 saturated carbocycles. The Morgan fingerprint density at radius 2 is 1.28 bits per heavy atom. The van der Waals surface area contributed by atoms with Gasteiger partial charge in [-0.25, -0.2) is 4.79 Å². The van der Waals surface area contributed by atoms with E-state index in [1.807, 2.05) is 0 Å². The number of nitrogens with zero attached hydrogens (tertiary/aromatic N) is 2. The van der Waals surface area contributed by atoms with E-state index >= 15 is 0 Å². The quantitative estimate of drug-likeness (QED) is 0.470. The summed E-state index contributed by atoms with van der Waals surface area (Å²) in [6.45, 7) is 3.27. The minimum Gasteiger partial charge on any atom is -0.497 e. The maximum Gasteiger partial charge on any atom is 0.573 e. The molecular weight excluding hydrogens is 477 g/mol. The number of rotatable bonds is 6. The summed E-state index contributed by atoms with van der Waals surface area (Å²) in [6.07, 6.45) is -4.92. The van der Waals surface area contributed by atoms with E-state index in [9.17, 15) is 23.1 Å². The molecule has 1 aliphatic heterocycles. The van der Waals surface area contributed by atoms with Crippen LogP contribution in [0.4, 0.5) is 29.3 Å². The van der Waals surface area contributed by atoms with Gasteiger partial charge in [0.15, 0.2) is 5.72 Å². The van der Waals surface area contributed by atoms with Gasteiger partial charge in [0.05, 0.1) is 19.8 Å². The van der Waals surface area contributed by atoms with Gasteiger partial charge in [0.2, 0.25) is 0 Å². The number of halogens is 3. The van der Waals surface area contributed by atoms with Gasteiger partial charge in [0, 0.05) is 16.9 Å². The number of carbonyl (C=O) groups is 1. The third-order valence-electron chi connectivity index (χ3n) is 6.25. The summed E-state index contributed by atoms with van der Waals surface area (Å²) in [4.78, 5) is 16.5. The molecule has 0 aromatic heterocycles. The lowest BCUT2D eigenvalue weighted by Crippen LogP contribution is -2.56. The molecule has 2 amide bonds. The molecule has 3 aromatic carbocycles. The molecule has 0 radical (unpaired) electrons. The Kier molecular flexibility index (Phi) is 6.25. The van der Waals surface area contributed by atoms with Crippen molar-refractivity contribution in [3.8, 4) is 17.2 Å². The molecule has 3 aromatic rings. The van der Waals surface area contributed by atoms with Gasteiger partial charge in [-0.2, -0.15) is 0 Å². The Morgan fingerprint density at radius 3 is 1.75 bits per heavy atom. The fraction of sp³-hybridized carbons (Fsp3) is 0.269. The average Bonchev–Trinajstić information content (AvgIpc) is 3.00. The zero-order valence-corrected chi connectivity index (χ0v) is 20.0. The first kappa shape index (κ1) is 25.2. The number of benzene rings is 3. The van der Waals surface area contributed by atoms with Gasteiger partial charge >= 0.3 is 12.4 Å². The molecule has 36 heavy (non-hydrogen) atoms. The van der Waals surface area contributed by atoms with Crippen molar-refractivity contribution in [1.82, 2.24) is 0 Å². The first-order chi connectivity index (χ1) is 16.9. The summed E-state index contributed by atoms with van der Waals surface area (Å²) in [7, 11) is 3.01. The predicted octanol–water partition coefficient (Wildman–Crippen LogP) is 5.67. The van der Waals surface area contributed by atoms with Gasteiger partial charge in [-0.15, -0.1) is 13.2 Å². The van der Waals surface area contributed by atoms with Crippen molar-refractivity contribution >= 4 is 17.4 Å². The van der Waals surface area contributed by atoms with Crippen LogP contribution in [0.5, 0.6) is 17.2 Å². The fourth-order valence-electron chi connectivity index (χ4n) is 4.49. The molecule has 1 N–H and O–H groups in total. The first-order valence-corrected chi connectivity index (χ1v) is 10.9. The van der Waals surface area contributed by atoms with E-state index < -0.39 is 29.4 Å². The van der Waals surface area contributed by atoms with Crippen LogP contribution in [0, 0.1) is 0 Å². The number of hydrogen-bond donors (Lipinski definition) is 1. The summed E-state index contributed by atoms with van der Waals surface area (Å²) in [5.41, 5.74) is -2.66. The highest BCUT2D eigenvalue weighted by Crippen LogP contribution is 2.51. The second kappa shape index (κ2) is 8.94. The molecule has 1 aliphatic rings. The molecule has 0 spiro atoms. The van der Waals surface area contributed by atoms with Crippen LogP contribution >= 0.6 is 0 Å². The van der Waals surface area contributed by atoms with Crippen molar-refractivity contribution < 1.29 is 37.3 Å². The summed E-state index contributed by atoms with van der Waals surface area (Å²) in [5.74, 6) is 0.581. The SMILES string of the molecule is COc1ccc(N2C(=O)N(c3ccc(OC)cc3)C(O)(c3cccc(OC(F)(F)F)c3)C2(C)C)cc1. The van der Waals surface area contributed by atoms with Crippen molar-refractivity contribution in [2.45, 2.75) is 31.5 Å². The fourth-order valence-corrected chi connectivity index (χ4v) is 4.49. The minimum atomic E-state index is -4.92. The zero-order valence-electron chi connectivity index (χ0n) is 20.0. The topological polar surface area (TPSA) is 71.5 Å². The van der Waals surface area contributed by atoms with Crippen LogP contribution in [0.1, 0.15) is 19.4 Å². The molecule has 1 fully saturated rings. The second-order valence-corrected chi connectivity index (χ2v) is 8.66. The lowest BCUT2D eigenvalue weighted by Gasteiger charge is -2.42. The van der Waals surface area contributed by atoms with E-state index in [0.29, 0.717) is 22.9 Å². The Labute approximate surface area is 206 Å². The van der Waals surface area contributed by atoms with Gasteiger partial charge in [0.25, 0.3) is 0 Å². The molecule has 0 bridgehead atoms. The molecule has 1 atom stereocenters. The smallest absolute Gasteiger partial charge is 0.497 e. The van der Waals surface area contributed by atoms with Crippen molar-refractivity contribution in [2.24, 2.45) is 0 Å². The highest BCUT2D eigenvalue weighted by molar-refractivity contribution is 6.09. The number of hydrogen-bond acceptors (Lipinski definition) is 5. The largest absolute Gasteiger partial charge is 0.573 e. The Bertz CT molecular complexity index is 1250. The summed E-state index contributed by atoms with van der Waals surface area (Å²) in [5, 5.41) is 12.3. The monoisotopic (exact) mass is 502 g/mol. The predicted molar refractivity (Wildman–Crippen MR) is 127 cm³/mol. The molecule has 10 heteroatoms. The van der Waals surface area contributed by atoms with Crippen molar-refractivity contribution in [2.75, 3.05) is 24.0 Å². The lowest BCUT2D eigenvalue weighted by molar-refractivity contribution is -0.274. The van der Waals surface area contributed by atoms with E-state index in [2.05, 4.69) is 4.74 Å². The number of methoxy groups -OCH3 is 2. The van der Waals surface area contributed by atoms with Gasteiger partial charge in [-0.05, 0) is 74.5 Å². The molecule has 0 aliphatic carbocycles. The molecule has 7 nitrogen and oxygen atoms in total. The van der Waals surface area contributed by atoms with Crippen LogP contribution in [0.25, 0.3) is 0 Å². The Balaban J connectivity index is 1.91. The van der Waals surface area contributed by atoms with Crippen LogP contribution < -0.4 is 24.0 Å². The first-order valence-electron chi connectivity index (χ1n) is 10.9. The van der Waals surface area contributed by atoms with Crippen LogP contribution in [0.2, 0.25) is 0 Å². The Hall–Kier alpha value is -3.92. The van der Waals surface area contributed by atoms with Crippen molar-refractivity contribution in [3.05, 3.63) is 78.4 Å². The number of ether oxygens (including phenoxy) is 3. The highest BCUT2D eigenvalue weighted by Gasteiger charge is 2.64. The van der Waals surface area contributed by atoms with E-state index in [1.165, 1.54) is 31.3 Å². The van der Waals surface area contributed by atoms with Crippen LogP contribution in [0.15, 0.2) is 72.8 Å². The van der Waals surface area contributed by atoms with Gasteiger partial charge in [-0.3, -0.25) is 9.80 Å². The molecule has 190 valence electrons. The molecule has 1 unspecified atom stereocenters. The van der Waals surface area contributed by atoms with Gasteiger partial charge < -0.3 is 19.3 Å². The Morgan fingerprint density at radius 1 is 0.778 bits per heavy atom. The van der Waals surface area contributed by atoms with Crippen LogP contribution in [-0.2, 0) is 5.72 Å². The molecule has 1 saturated heterocycles. The van der Waals surface area contributed by atoms with E-state index in [0.717, 1.165) is 17.0 Å². The number of amides is 2. The van der Waals surface area contributed by atoms with Crippen molar-refractivity contribution in [1.29, 1.82) is 0 Å². The number of alkyl halides is 3. The molecule has 1 heterocycles. The number of anilines is 2. The van der Waals surface area contributed by atoms with E-state index in [4.69, 9.17) is 9.47 Å². The number of carbonyl (C=O) groups excluding carboxylic acids is 1. The van der Waals surface area contributed by atoms with Crippen LogP contribution in [-0.4, -0.2) is 37.3 Å². The second-order valence-electron chi connectivity index (χ2n) is 8.66. The summed E-state index contributed by atoms with van der Waals surface area (Å²) < 4.78 is 53.3. The minimum absolute atomic E-state index is 0.0365.